The van der Waals surface area contributed by atoms with Gasteiger partial charge in [-0.2, -0.15) is 0 Å². The van der Waals surface area contributed by atoms with Crippen LogP contribution >= 0.6 is 11.8 Å². The largest absolute Gasteiger partial charge is 0.438 e. The Hall–Kier alpha value is -2.62. The fraction of sp³-hybridized carbons (Fsp3) is 0.111. The van der Waals surface area contributed by atoms with E-state index < -0.39 is 15.9 Å². The lowest BCUT2D eigenvalue weighted by Gasteiger charge is -2.06. The number of pyridine rings is 1. The summed E-state index contributed by atoms with van der Waals surface area (Å²) in [5.74, 6) is 0.0886. The smallest absolute Gasteiger partial charge is 0.291 e. The number of aromatic nitrogens is 1. The van der Waals surface area contributed by atoms with Crippen LogP contribution < -0.4 is 10.0 Å². The fourth-order valence-electron chi connectivity index (χ4n) is 2.21. The number of hydrogen-bond donors (Lipinski definition) is 2. The van der Waals surface area contributed by atoms with Crippen LogP contribution in [0.25, 0.3) is 0 Å². The number of nitrogens with one attached hydrogen (secondary N) is 2. The molecular weight excluding hydrogens is 386 g/mol. The Kier molecular flexibility index (Phi) is 5.94. The molecule has 1 aromatic carbocycles. The van der Waals surface area contributed by atoms with Crippen LogP contribution in [0.15, 0.2) is 75.3 Å². The van der Waals surface area contributed by atoms with E-state index in [0.717, 1.165) is 10.6 Å². The lowest BCUT2D eigenvalue weighted by Crippen LogP contribution is -2.18. The van der Waals surface area contributed by atoms with Crippen LogP contribution in [0.3, 0.4) is 0 Å². The second-order valence-electron chi connectivity index (χ2n) is 5.44. The van der Waals surface area contributed by atoms with E-state index in [2.05, 4.69) is 15.0 Å². The molecule has 2 N–H and O–H groups in total. The molecule has 2 aromatic heterocycles. The highest BCUT2D eigenvalue weighted by atomic mass is 32.2. The summed E-state index contributed by atoms with van der Waals surface area (Å²) in [6.45, 7) is 0. The highest BCUT2D eigenvalue weighted by molar-refractivity contribution is 7.98. The minimum Gasteiger partial charge on any atom is -0.438 e. The van der Waals surface area contributed by atoms with E-state index in [0.29, 0.717) is 11.4 Å². The zero-order valence-corrected chi connectivity index (χ0v) is 16.0. The van der Waals surface area contributed by atoms with Gasteiger partial charge >= 0.3 is 0 Å². The van der Waals surface area contributed by atoms with Crippen molar-refractivity contribution in [1.29, 1.82) is 0 Å². The van der Waals surface area contributed by atoms with Crippen molar-refractivity contribution in [2.75, 3.05) is 12.4 Å². The molecule has 0 atom stereocenters. The number of carbonyl (C=O) groups is 1. The van der Waals surface area contributed by atoms with Gasteiger partial charge in [-0.05, 0) is 49.0 Å². The Morgan fingerprint density at radius 3 is 2.74 bits per heavy atom. The monoisotopic (exact) mass is 403 g/mol. The lowest BCUT2D eigenvalue weighted by molar-refractivity contribution is 0.0991. The molecule has 0 aliphatic rings. The zero-order valence-electron chi connectivity index (χ0n) is 14.4. The van der Waals surface area contributed by atoms with Crippen molar-refractivity contribution >= 4 is 33.4 Å². The second kappa shape index (κ2) is 8.38. The number of nitrogens with zero attached hydrogens (tertiary/aromatic N) is 1. The highest BCUT2D eigenvalue weighted by Crippen LogP contribution is 2.22. The summed E-state index contributed by atoms with van der Waals surface area (Å²) in [6.07, 6.45) is 1.74. The summed E-state index contributed by atoms with van der Waals surface area (Å²) in [5, 5.41) is 3.31. The van der Waals surface area contributed by atoms with E-state index in [9.17, 15) is 13.2 Å². The molecule has 2 heterocycles. The van der Waals surface area contributed by atoms with Crippen LogP contribution in [-0.2, 0) is 15.8 Å². The lowest BCUT2D eigenvalue weighted by atomic mass is 10.2. The Morgan fingerprint density at radius 2 is 2.00 bits per heavy atom. The standard InChI is InChI=1S/C18H17N3O4S2/c1-19-27(23,24)17-9-8-15(25-17)18(22)21-14-6-4-5-13(11-14)12-26-16-7-2-3-10-20-16/h2-11,19H,12H2,1H3,(H,21,22). The molecule has 3 rings (SSSR count). The number of rotatable bonds is 7. The van der Waals surface area contributed by atoms with Gasteiger partial charge in [-0.15, -0.1) is 11.8 Å². The molecule has 3 aromatic rings. The first-order valence-corrected chi connectivity index (χ1v) is 10.4. The quantitative estimate of drug-likeness (QED) is 0.588. The Balaban J connectivity index is 1.66. The Bertz CT molecular complexity index is 1030. The average Bonchev–Trinajstić information content (AvgIpc) is 3.19. The van der Waals surface area contributed by atoms with Crippen molar-refractivity contribution in [3.8, 4) is 0 Å². The Labute approximate surface area is 161 Å². The van der Waals surface area contributed by atoms with E-state index >= 15 is 0 Å². The van der Waals surface area contributed by atoms with Gasteiger partial charge in [0.25, 0.3) is 15.9 Å². The molecule has 9 heteroatoms. The predicted octanol–water partition coefficient (Wildman–Crippen LogP) is 3.13. The molecule has 27 heavy (non-hydrogen) atoms. The molecule has 0 spiro atoms. The third-order valence-electron chi connectivity index (χ3n) is 3.55. The molecule has 0 aliphatic carbocycles. The van der Waals surface area contributed by atoms with Crippen LogP contribution in [0.4, 0.5) is 5.69 Å². The number of benzene rings is 1. The van der Waals surface area contributed by atoms with Crippen LogP contribution in [-0.4, -0.2) is 26.4 Å². The number of thioether (sulfide) groups is 1. The second-order valence-corrected chi connectivity index (χ2v) is 8.25. The van der Waals surface area contributed by atoms with Gasteiger partial charge in [0.15, 0.2) is 5.76 Å². The van der Waals surface area contributed by atoms with E-state index in [1.807, 2.05) is 36.4 Å². The van der Waals surface area contributed by atoms with Gasteiger partial charge < -0.3 is 9.73 Å². The molecule has 0 aliphatic heterocycles. The summed E-state index contributed by atoms with van der Waals surface area (Å²) in [6, 6.07) is 15.7. The maximum Gasteiger partial charge on any atom is 0.291 e. The summed E-state index contributed by atoms with van der Waals surface area (Å²) >= 11 is 1.59. The number of furan rings is 1. The third-order valence-corrected chi connectivity index (χ3v) is 5.85. The van der Waals surface area contributed by atoms with Crippen molar-refractivity contribution in [2.45, 2.75) is 15.9 Å². The van der Waals surface area contributed by atoms with Crippen molar-refractivity contribution in [2.24, 2.45) is 0 Å². The molecule has 1 amide bonds. The van der Waals surface area contributed by atoms with Crippen LogP contribution in [0, 0.1) is 0 Å². The SMILES string of the molecule is CNS(=O)(=O)c1ccc(C(=O)Nc2cccc(CSc3ccccn3)c2)o1. The number of carbonyl (C=O) groups excluding carboxylic acids is 1. The van der Waals surface area contributed by atoms with E-state index in [1.54, 1.807) is 24.0 Å². The zero-order chi connectivity index (χ0) is 19.3. The molecule has 0 radical (unpaired) electrons. The molecule has 0 unspecified atom stereocenters. The maximum absolute atomic E-state index is 12.3. The van der Waals surface area contributed by atoms with E-state index in [-0.39, 0.29) is 10.9 Å². The topological polar surface area (TPSA) is 101 Å². The highest BCUT2D eigenvalue weighted by Gasteiger charge is 2.19. The first-order chi connectivity index (χ1) is 13.0. The maximum atomic E-state index is 12.3. The van der Waals surface area contributed by atoms with Gasteiger partial charge in [-0.1, -0.05) is 18.2 Å². The molecule has 0 saturated carbocycles. The van der Waals surface area contributed by atoms with E-state index in [1.165, 1.54) is 19.2 Å². The fourth-order valence-corrected chi connectivity index (χ4v) is 3.66. The molecular formula is C18H17N3O4S2. The van der Waals surface area contributed by atoms with Gasteiger partial charge in [-0.3, -0.25) is 4.79 Å². The molecule has 0 bridgehead atoms. The average molecular weight is 403 g/mol. The van der Waals surface area contributed by atoms with Gasteiger partial charge in [-0.25, -0.2) is 18.1 Å². The summed E-state index contributed by atoms with van der Waals surface area (Å²) < 4.78 is 30.6. The van der Waals surface area contributed by atoms with Crippen molar-refractivity contribution in [3.63, 3.8) is 0 Å². The van der Waals surface area contributed by atoms with Gasteiger partial charge in [0.2, 0.25) is 5.09 Å². The van der Waals surface area contributed by atoms with Crippen molar-refractivity contribution in [3.05, 3.63) is 72.1 Å². The van der Waals surface area contributed by atoms with Gasteiger partial charge in [0.05, 0.1) is 5.03 Å². The number of hydrogen-bond acceptors (Lipinski definition) is 6. The number of sulfonamides is 1. The number of anilines is 1. The van der Waals surface area contributed by atoms with Crippen LogP contribution in [0.5, 0.6) is 0 Å². The molecule has 0 fully saturated rings. The van der Waals surface area contributed by atoms with E-state index in [4.69, 9.17) is 4.42 Å². The normalized spacial score (nSPS) is 11.3. The first-order valence-electron chi connectivity index (χ1n) is 7.95. The summed E-state index contributed by atoms with van der Waals surface area (Å²) in [7, 11) is -2.46. The van der Waals surface area contributed by atoms with Gasteiger partial charge in [0, 0.05) is 17.6 Å². The van der Waals surface area contributed by atoms with Crippen LogP contribution in [0.2, 0.25) is 0 Å². The Morgan fingerprint density at radius 1 is 1.15 bits per heavy atom. The molecule has 140 valence electrons. The first kappa shape index (κ1) is 19.2. The number of amides is 1. The minimum atomic E-state index is -3.73. The van der Waals surface area contributed by atoms with Crippen molar-refractivity contribution < 1.29 is 17.6 Å². The van der Waals surface area contributed by atoms with Crippen LogP contribution in [0.1, 0.15) is 16.1 Å². The molecule has 7 nitrogen and oxygen atoms in total. The van der Waals surface area contributed by atoms with Crippen molar-refractivity contribution in [1.82, 2.24) is 9.71 Å². The summed E-state index contributed by atoms with van der Waals surface area (Å²) in [4.78, 5) is 16.6. The molecule has 0 saturated heterocycles. The third kappa shape index (κ3) is 4.97. The summed E-state index contributed by atoms with van der Waals surface area (Å²) in [5.41, 5.74) is 1.61. The minimum absolute atomic E-state index is 0.0860. The van der Waals surface area contributed by atoms with Gasteiger partial charge in [0.1, 0.15) is 0 Å². The predicted molar refractivity (Wildman–Crippen MR) is 103 cm³/mol.